The van der Waals surface area contributed by atoms with Crippen molar-refractivity contribution in [1.82, 2.24) is 19.9 Å². The molecule has 0 spiro atoms. The number of rotatable bonds is 0. The Morgan fingerprint density at radius 2 is 2.16 bits per heavy atom. The van der Waals surface area contributed by atoms with Crippen molar-refractivity contribution in [2.24, 2.45) is 0 Å². The van der Waals surface area contributed by atoms with E-state index in [0.29, 0.717) is 41.6 Å². The van der Waals surface area contributed by atoms with Crippen LogP contribution in [0.15, 0.2) is 36.5 Å². The first-order chi connectivity index (χ1) is 12.1. The zero-order valence-electron chi connectivity index (χ0n) is 13.6. The molecule has 1 aliphatic rings. The monoisotopic (exact) mass is 341 g/mol. The average Bonchev–Trinajstić information content (AvgIpc) is 3.02. The molecule has 0 saturated heterocycles. The summed E-state index contributed by atoms with van der Waals surface area (Å²) in [7, 11) is 1.85. The Morgan fingerprint density at radius 3 is 3.04 bits per heavy atom. The zero-order chi connectivity index (χ0) is 17.4. The van der Waals surface area contributed by atoms with Gasteiger partial charge in [-0.25, -0.2) is 13.9 Å². The molecule has 0 aliphatic carbocycles. The van der Waals surface area contributed by atoms with Gasteiger partial charge in [0.25, 0.3) is 5.91 Å². The van der Waals surface area contributed by atoms with Crippen LogP contribution >= 0.6 is 0 Å². The molecule has 1 aliphatic heterocycles. The van der Waals surface area contributed by atoms with Crippen LogP contribution in [-0.2, 0) is 6.54 Å². The van der Waals surface area contributed by atoms with E-state index in [2.05, 4.69) is 15.4 Å². The molecule has 7 nitrogen and oxygen atoms in total. The van der Waals surface area contributed by atoms with Crippen molar-refractivity contribution in [1.29, 1.82) is 0 Å². The summed E-state index contributed by atoms with van der Waals surface area (Å²) in [5.41, 5.74) is 1.65. The Kier molecular flexibility index (Phi) is 3.72. The molecule has 0 saturated carbocycles. The van der Waals surface area contributed by atoms with Crippen molar-refractivity contribution in [2.75, 3.05) is 25.1 Å². The van der Waals surface area contributed by atoms with Crippen molar-refractivity contribution in [3.8, 4) is 5.75 Å². The van der Waals surface area contributed by atoms with Gasteiger partial charge in [-0.05, 0) is 30.3 Å². The van der Waals surface area contributed by atoms with Gasteiger partial charge in [0.15, 0.2) is 11.3 Å². The second-order valence-corrected chi connectivity index (χ2v) is 5.82. The van der Waals surface area contributed by atoms with Crippen molar-refractivity contribution in [3.63, 3.8) is 0 Å². The third kappa shape index (κ3) is 2.86. The van der Waals surface area contributed by atoms with Gasteiger partial charge in [-0.15, -0.1) is 5.10 Å². The maximum absolute atomic E-state index is 13.7. The molecule has 0 fully saturated rings. The second kappa shape index (κ2) is 6.04. The predicted molar refractivity (Wildman–Crippen MR) is 89.3 cm³/mol. The van der Waals surface area contributed by atoms with E-state index in [1.165, 1.54) is 22.8 Å². The van der Waals surface area contributed by atoms with E-state index in [9.17, 15) is 9.18 Å². The van der Waals surface area contributed by atoms with Gasteiger partial charge in [0.2, 0.25) is 0 Å². The molecule has 25 heavy (non-hydrogen) atoms. The predicted octanol–water partition coefficient (Wildman–Crippen LogP) is 1.63. The normalized spacial score (nSPS) is 15.0. The third-order valence-corrected chi connectivity index (χ3v) is 4.05. The molecule has 3 heterocycles. The molecular formula is C17H16FN5O2. The number of fused-ring (bicyclic) bond motifs is 2. The van der Waals surface area contributed by atoms with Crippen LogP contribution in [-0.4, -0.2) is 40.7 Å². The Labute approximate surface area is 143 Å². The number of carbonyl (C=O) groups excluding carboxylic acids is 1. The molecule has 0 atom stereocenters. The van der Waals surface area contributed by atoms with E-state index in [-0.39, 0.29) is 18.3 Å². The van der Waals surface area contributed by atoms with Crippen LogP contribution in [0.3, 0.4) is 0 Å². The van der Waals surface area contributed by atoms with E-state index in [1.807, 2.05) is 18.0 Å². The number of benzene rings is 1. The lowest BCUT2D eigenvalue weighted by Gasteiger charge is -2.20. The smallest absolute Gasteiger partial charge is 0.271 e. The van der Waals surface area contributed by atoms with Crippen molar-refractivity contribution in [2.45, 2.75) is 6.54 Å². The van der Waals surface area contributed by atoms with Crippen LogP contribution in [0.4, 0.5) is 10.2 Å². The van der Waals surface area contributed by atoms with E-state index in [0.717, 1.165) is 0 Å². The summed E-state index contributed by atoms with van der Waals surface area (Å²) in [5.74, 6) is 0.619. The highest BCUT2D eigenvalue weighted by molar-refractivity contribution is 5.93. The molecule has 3 aromatic rings. The topological polar surface area (TPSA) is 71.8 Å². The molecule has 1 amide bonds. The Hall–Kier alpha value is -3.16. The molecule has 2 bridgehead atoms. The first-order valence-electron chi connectivity index (χ1n) is 7.87. The summed E-state index contributed by atoms with van der Waals surface area (Å²) in [6.45, 7) is 1.01. The van der Waals surface area contributed by atoms with Crippen LogP contribution in [0, 0.1) is 5.82 Å². The number of carbonyl (C=O) groups is 1. The van der Waals surface area contributed by atoms with Gasteiger partial charge in [-0.1, -0.05) is 0 Å². The summed E-state index contributed by atoms with van der Waals surface area (Å²) in [6.07, 6.45) is 1.49. The summed E-state index contributed by atoms with van der Waals surface area (Å²) in [6, 6.07) is 8.01. The molecule has 2 aromatic heterocycles. The molecule has 128 valence electrons. The molecule has 8 heteroatoms. The lowest BCUT2D eigenvalue weighted by Crippen LogP contribution is -2.29. The van der Waals surface area contributed by atoms with Crippen LogP contribution in [0.2, 0.25) is 0 Å². The zero-order valence-corrected chi connectivity index (χ0v) is 13.6. The molecule has 4 rings (SSSR count). The highest BCUT2D eigenvalue weighted by Crippen LogP contribution is 2.23. The largest absolute Gasteiger partial charge is 0.491 e. The van der Waals surface area contributed by atoms with Crippen LogP contribution < -0.4 is 15.0 Å². The first-order valence-corrected chi connectivity index (χ1v) is 7.87. The Morgan fingerprint density at radius 1 is 1.28 bits per heavy atom. The number of nitrogens with one attached hydrogen (secondary N) is 1. The minimum absolute atomic E-state index is 0.276. The number of imidazole rings is 1. The highest BCUT2D eigenvalue weighted by Gasteiger charge is 2.16. The van der Waals surface area contributed by atoms with Crippen LogP contribution in [0.5, 0.6) is 5.75 Å². The van der Waals surface area contributed by atoms with Crippen molar-refractivity contribution in [3.05, 3.63) is 53.6 Å². The molecule has 1 N–H and O–H groups in total. The van der Waals surface area contributed by atoms with Gasteiger partial charge < -0.3 is 15.0 Å². The number of amides is 1. The van der Waals surface area contributed by atoms with E-state index in [4.69, 9.17) is 4.74 Å². The van der Waals surface area contributed by atoms with Gasteiger partial charge in [0.1, 0.15) is 24.0 Å². The molecular weight excluding hydrogens is 325 g/mol. The maximum atomic E-state index is 13.7. The molecule has 1 aromatic carbocycles. The first kappa shape index (κ1) is 15.4. The number of halogens is 1. The molecule has 0 radical (unpaired) electrons. The van der Waals surface area contributed by atoms with Gasteiger partial charge in [0.05, 0.1) is 12.7 Å². The number of ether oxygens (including phenoxy) is 1. The number of aromatic nitrogens is 3. The second-order valence-electron chi connectivity index (χ2n) is 5.82. The fraction of sp³-hybridized carbons (Fsp3) is 0.235. The Balaban J connectivity index is 1.80. The lowest BCUT2D eigenvalue weighted by molar-refractivity contribution is 0.0940. The van der Waals surface area contributed by atoms with Gasteiger partial charge in [-0.3, -0.25) is 4.79 Å². The SMILES string of the molecule is CN1Cc2cc(F)ccc2OCCNC(=O)c2cnc3ccc1nn23. The highest BCUT2D eigenvalue weighted by atomic mass is 19.1. The minimum atomic E-state index is -0.325. The fourth-order valence-corrected chi connectivity index (χ4v) is 2.79. The lowest BCUT2D eigenvalue weighted by atomic mass is 10.2. The van der Waals surface area contributed by atoms with Gasteiger partial charge >= 0.3 is 0 Å². The standard InChI is InChI=1S/C17H16FN5O2/c1-22-10-11-8-12(18)2-3-14(11)25-7-6-19-17(24)13-9-20-15-4-5-16(22)21-23(13)15/h2-5,8-9H,6-7,10H2,1H3,(H,19,24). The Bertz CT molecular complexity index is 955. The number of nitrogens with zero attached hydrogens (tertiary/aromatic N) is 4. The van der Waals surface area contributed by atoms with E-state index >= 15 is 0 Å². The minimum Gasteiger partial charge on any atom is -0.491 e. The molecule has 0 unspecified atom stereocenters. The van der Waals surface area contributed by atoms with E-state index in [1.54, 1.807) is 12.1 Å². The summed E-state index contributed by atoms with van der Waals surface area (Å²) in [5, 5.41) is 7.27. The van der Waals surface area contributed by atoms with Gasteiger partial charge in [0, 0.05) is 19.2 Å². The quantitative estimate of drug-likeness (QED) is 0.673. The summed E-state index contributed by atoms with van der Waals surface area (Å²) < 4.78 is 20.9. The van der Waals surface area contributed by atoms with Gasteiger partial charge in [-0.2, -0.15) is 0 Å². The van der Waals surface area contributed by atoms with Crippen LogP contribution in [0.1, 0.15) is 16.1 Å². The average molecular weight is 341 g/mol. The fourth-order valence-electron chi connectivity index (χ4n) is 2.79. The third-order valence-electron chi connectivity index (χ3n) is 4.05. The summed E-state index contributed by atoms with van der Waals surface area (Å²) in [4.78, 5) is 18.4. The van der Waals surface area contributed by atoms with Crippen LogP contribution in [0.25, 0.3) is 5.65 Å². The van der Waals surface area contributed by atoms with Crippen molar-refractivity contribution >= 4 is 17.4 Å². The number of anilines is 1. The van der Waals surface area contributed by atoms with Crippen molar-refractivity contribution < 1.29 is 13.9 Å². The number of hydrogen-bond donors (Lipinski definition) is 1. The van der Waals surface area contributed by atoms with E-state index < -0.39 is 0 Å². The summed E-state index contributed by atoms with van der Waals surface area (Å²) >= 11 is 0. The maximum Gasteiger partial charge on any atom is 0.271 e. The number of hydrogen-bond acceptors (Lipinski definition) is 5.